The number of hydrogen-bond acceptors (Lipinski definition) is 9. The van der Waals surface area contributed by atoms with E-state index in [0.717, 1.165) is 30.4 Å². The van der Waals surface area contributed by atoms with Crippen LogP contribution in [0.4, 0.5) is 0 Å². The number of esters is 1. The van der Waals surface area contributed by atoms with Gasteiger partial charge in [0.1, 0.15) is 11.8 Å². The van der Waals surface area contributed by atoms with Gasteiger partial charge in [-0.2, -0.15) is 0 Å². The van der Waals surface area contributed by atoms with E-state index in [9.17, 15) is 14.4 Å². The first-order chi connectivity index (χ1) is 21.6. The molecule has 12 heteroatoms. The maximum atomic E-state index is 14.1. The number of fused-ring (bicyclic) bond motifs is 1. The molecular weight excluding hydrogens is 662 g/mol. The van der Waals surface area contributed by atoms with E-state index < -0.39 is 12.0 Å². The molecule has 0 unspecified atom stereocenters. The Balaban J connectivity index is 1.57. The van der Waals surface area contributed by atoms with Crippen LogP contribution in [0.1, 0.15) is 57.7 Å². The first-order valence-electron chi connectivity index (χ1n) is 14.9. The molecule has 0 aliphatic carbocycles. The topological polar surface area (TPSA) is 109 Å². The Hall–Kier alpha value is -3.90. The molecule has 1 saturated heterocycles. The fourth-order valence-electron chi connectivity index (χ4n) is 5.42. The van der Waals surface area contributed by atoms with Crippen molar-refractivity contribution in [3.05, 3.63) is 83.0 Å². The molecule has 10 nitrogen and oxygen atoms in total. The second kappa shape index (κ2) is 14.0. The molecule has 2 aromatic carbocycles. The average molecular weight is 699 g/mol. The third-order valence-corrected chi connectivity index (χ3v) is 8.92. The number of methoxy groups -OCH3 is 1. The van der Waals surface area contributed by atoms with Gasteiger partial charge in [-0.1, -0.05) is 33.3 Å². The van der Waals surface area contributed by atoms with Gasteiger partial charge in [-0.3, -0.25) is 14.2 Å². The number of amides is 1. The third-order valence-electron chi connectivity index (χ3n) is 7.45. The Morgan fingerprint density at radius 1 is 1.09 bits per heavy atom. The number of halogens is 1. The summed E-state index contributed by atoms with van der Waals surface area (Å²) >= 11 is 4.75. The zero-order valence-corrected chi connectivity index (χ0v) is 28.3. The van der Waals surface area contributed by atoms with E-state index in [1.165, 1.54) is 15.9 Å². The van der Waals surface area contributed by atoms with Crippen molar-refractivity contribution in [3.8, 4) is 17.2 Å². The first-order valence-corrected chi connectivity index (χ1v) is 16.5. The standard InChI is InChI=1S/C33H36BrN3O7S/c1-6-42-26-15-21(9-11-25(26)43-18-28(38)36-13-7-8-14-36)16-27-31(39)37-30(23-17-22(34)10-12-24(23)41-5)29(32(40)44-19(2)3)20(4)35-33(37)45-27/h9-12,15-17,19,30H,6-8,13-14,18H2,1-5H3/b27-16-/t30-/m1/s1. The van der Waals surface area contributed by atoms with Crippen molar-refractivity contribution < 1.29 is 28.5 Å². The molecule has 1 fully saturated rings. The number of hydrogen-bond donors (Lipinski definition) is 0. The van der Waals surface area contributed by atoms with Gasteiger partial charge in [-0.15, -0.1) is 0 Å². The lowest BCUT2D eigenvalue weighted by Gasteiger charge is -2.26. The summed E-state index contributed by atoms with van der Waals surface area (Å²) in [5.41, 5.74) is 1.73. The van der Waals surface area contributed by atoms with Crippen LogP contribution in [-0.2, 0) is 14.3 Å². The minimum Gasteiger partial charge on any atom is -0.496 e. The van der Waals surface area contributed by atoms with Gasteiger partial charge in [0.15, 0.2) is 22.9 Å². The number of carbonyl (C=O) groups is 2. The SMILES string of the molecule is CCOc1cc(/C=c2\sc3n(c2=O)[C@H](c2cc(Br)ccc2OC)C(C(=O)OC(C)C)=C(C)N=3)ccc1OCC(=O)N1CCCC1. The third kappa shape index (κ3) is 7.01. The lowest BCUT2D eigenvalue weighted by Crippen LogP contribution is -2.40. The smallest absolute Gasteiger partial charge is 0.338 e. The molecule has 0 N–H and O–H groups in total. The molecule has 2 aliphatic heterocycles. The zero-order valence-electron chi connectivity index (χ0n) is 25.9. The number of carbonyl (C=O) groups excluding carboxylic acids is 2. The lowest BCUT2D eigenvalue weighted by molar-refractivity contribution is -0.143. The second-order valence-corrected chi connectivity index (χ2v) is 12.9. The van der Waals surface area contributed by atoms with Crippen LogP contribution in [0.3, 0.4) is 0 Å². The van der Waals surface area contributed by atoms with Gasteiger partial charge in [0.05, 0.1) is 35.6 Å². The molecule has 3 aromatic rings. The van der Waals surface area contributed by atoms with Crippen molar-refractivity contribution in [2.75, 3.05) is 33.4 Å². The number of rotatable bonds is 10. The summed E-state index contributed by atoms with van der Waals surface area (Å²) < 4.78 is 25.7. The van der Waals surface area contributed by atoms with Crippen LogP contribution in [0.25, 0.3) is 6.08 Å². The Morgan fingerprint density at radius 3 is 2.51 bits per heavy atom. The van der Waals surface area contributed by atoms with Crippen LogP contribution >= 0.6 is 27.3 Å². The summed E-state index contributed by atoms with van der Waals surface area (Å²) in [5, 5.41) is 0. The van der Waals surface area contributed by atoms with Crippen LogP contribution in [-0.4, -0.2) is 60.9 Å². The minimum atomic E-state index is -0.829. The fraction of sp³-hybridized carbons (Fsp3) is 0.394. The molecule has 0 bridgehead atoms. The molecule has 1 atom stereocenters. The number of nitrogens with zero attached hydrogens (tertiary/aromatic N) is 3. The predicted octanol–water partition coefficient (Wildman–Crippen LogP) is 4.36. The highest BCUT2D eigenvalue weighted by Gasteiger charge is 2.35. The van der Waals surface area contributed by atoms with Crippen LogP contribution in [0.15, 0.2) is 61.9 Å². The van der Waals surface area contributed by atoms with Crippen LogP contribution in [0, 0.1) is 0 Å². The van der Waals surface area contributed by atoms with Crippen molar-refractivity contribution >= 4 is 45.2 Å². The second-order valence-electron chi connectivity index (χ2n) is 10.9. The quantitative estimate of drug-likeness (QED) is 0.290. The van der Waals surface area contributed by atoms with Crippen LogP contribution in [0.2, 0.25) is 0 Å². The maximum absolute atomic E-state index is 14.1. The first kappa shape index (κ1) is 32.5. The molecule has 5 rings (SSSR count). The van der Waals surface area contributed by atoms with Crippen LogP contribution in [0.5, 0.6) is 17.2 Å². The monoisotopic (exact) mass is 697 g/mol. The molecule has 1 aromatic heterocycles. The summed E-state index contributed by atoms with van der Waals surface area (Å²) in [4.78, 5) is 47.0. The summed E-state index contributed by atoms with van der Waals surface area (Å²) in [6.45, 7) is 8.99. The van der Waals surface area contributed by atoms with Crippen molar-refractivity contribution in [3.63, 3.8) is 0 Å². The van der Waals surface area contributed by atoms with Gasteiger partial charge >= 0.3 is 5.97 Å². The van der Waals surface area contributed by atoms with Gasteiger partial charge in [0.25, 0.3) is 11.5 Å². The zero-order chi connectivity index (χ0) is 32.2. The molecule has 0 spiro atoms. The Bertz CT molecular complexity index is 1820. The molecule has 0 radical (unpaired) electrons. The molecule has 238 valence electrons. The largest absolute Gasteiger partial charge is 0.496 e. The highest BCUT2D eigenvalue weighted by atomic mass is 79.9. The number of benzene rings is 2. The van der Waals surface area contributed by atoms with Gasteiger partial charge in [0, 0.05) is 23.1 Å². The maximum Gasteiger partial charge on any atom is 0.338 e. The van der Waals surface area contributed by atoms with E-state index in [1.807, 2.05) is 25.1 Å². The molecule has 3 heterocycles. The summed E-state index contributed by atoms with van der Waals surface area (Å²) in [6.07, 6.45) is 3.41. The van der Waals surface area contributed by atoms with E-state index in [0.29, 0.717) is 50.0 Å². The number of thiazole rings is 1. The minimum absolute atomic E-state index is 0.0521. The average Bonchev–Trinajstić information content (AvgIpc) is 3.64. The van der Waals surface area contributed by atoms with Crippen molar-refractivity contribution in [1.29, 1.82) is 0 Å². The Kier molecular flexibility index (Phi) is 10.1. The normalized spacial score (nSPS) is 16.5. The van der Waals surface area contributed by atoms with Crippen LogP contribution < -0.4 is 29.1 Å². The van der Waals surface area contributed by atoms with E-state index >= 15 is 0 Å². The Morgan fingerprint density at radius 2 is 1.82 bits per heavy atom. The van der Waals surface area contributed by atoms with Crippen molar-refractivity contribution in [2.24, 2.45) is 4.99 Å². The lowest BCUT2D eigenvalue weighted by atomic mass is 9.95. The van der Waals surface area contributed by atoms with Gasteiger partial charge < -0.3 is 23.8 Å². The summed E-state index contributed by atoms with van der Waals surface area (Å²) in [5.74, 6) is 0.840. The number of ether oxygens (including phenoxy) is 4. The van der Waals surface area contributed by atoms with E-state index in [-0.39, 0.29) is 29.8 Å². The molecule has 2 aliphatic rings. The predicted molar refractivity (Wildman–Crippen MR) is 175 cm³/mol. The van der Waals surface area contributed by atoms with E-state index in [4.69, 9.17) is 18.9 Å². The molecule has 1 amide bonds. The molecule has 0 saturated carbocycles. The molecular formula is C33H36BrN3O7S. The van der Waals surface area contributed by atoms with Gasteiger partial charge in [-0.25, -0.2) is 9.79 Å². The van der Waals surface area contributed by atoms with Gasteiger partial charge in [-0.05, 0) is 82.5 Å². The van der Waals surface area contributed by atoms with Crippen molar-refractivity contribution in [1.82, 2.24) is 9.47 Å². The fourth-order valence-corrected chi connectivity index (χ4v) is 6.85. The summed E-state index contributed by atoms with van der Waals surface area (Å²) in [7, 11) is 1.55. The number of allylic oxidation sites excluding steroid dienone is 1. The highest BCUT2D eigenvalue weighted by Crippen LogP contribution is 2.37. The van der Waals surface area contributed by atoms with E-state index in [2.05, 4.69) is 20.9 Å². The number of likely N-dealkylation sites (tertiary alicyclic amines) is 1. The van der Waals surface area contributed by atoms with E-state index in [1.54, 1.807) is 57.1 Å². The highest BCUT2D eigenvalue weighted by molar-refractivity contribution is 9.10. The summed E-state index contributed by atoms with van der Waals surface area (Å²) in [6, 6.07) is 9.96. The number of aromatic nitrogens is 1. The van der Waals surface area contributed by atoms with Crippen molar-refractivity contribution in [2.45, 2.75) is 52.7 Å². The molecule has 45 heavy (non-hydrogen) atoms. The Labute approximate surface area is 273 Å². The van der Waals surface area contributed by atoms with Gasteiger partial charge in [0.2, 0.25) is 0 Å².